The molecule has 23 heavy (non-hydrogen) atoms. The van der Waals surface area contributed by atoms with Crippen molar-refractivity contribution < 1.29 is 4.79 Å². The highest BCUT2D eigenvalue weighted by Crippen LogP contribution is 2.30. The molecule has 2 aromatic rings. The van der Waals surface area contributed by atoms with Crippen LogP contribution in [0.4, 0.5) is 0 Å². The zero-order valence-electron chi connectivity index (χ0n) is 13.4. The second-order valence-electron chi connectivity index (χ2n) is 6.70. The predicted octanol–water partition coefficient (Wildman–Crippen LogP) is 2.23. The van der Waals surface area contributed by atoms with E-state index in [1.807, 2.05) is 47.0 Å². The van der Waals surface area contributed by atoms with Crippen LogP contribution in [0.2, 0.25) is 0 Å². The van der Waals surface area contributed by atoms with Gasteiger partial charge in [0.1, 0.15) is 0 Å². The normalized spacial score (nSPS) is 26.2. The summed E-state index contributed by atoms with van der Waals surface area (Å²) in [6.07, 6.45) is 10.0. The third-order valence-electron chi connectivity index (χ3n) is 5.21. The molecule has 5 heteroatoms. The molecule has 1 aromatic heterocycles. The van der Waals surface area contributed by atoms with Crippen LogP contribution in [0.25, 0.3) is 5.69 Å². The van der Waals surface area contributed by atoms with Crippen LogP contribution in [0.1, 0.15) is 36.0 Å². The van der Waals surface area contributed by atoms with Gasteiger partial charge in [-0.05, 0) is 43.9 Å². The summed E-state index contributed by atoms with van der Waals surface area (Å²) in [5.41, 5.74) is 1.71. The van der Waals surface area contributed by atoms with Gasteiger partial charge in [0.2, 0.25) is 0 Å². The average Bonchev–Trinajstić information content (AvgIpc) is 3.23. The Morgan fingerprint density at radius 3 is 2.78 bits per heavy atom. The van der Waals surface area contributed by atoms with Crippen LogP contribution in [-0.4, -0.2) is 45.5 Å². The Morgan fingerprint density at radius 2 is 2.09 bits per heavy atom. The number of carbonyl (C=O) groups is 1. The number of carbonyl (C=O) groups excluding carboxylic acids is 1. The van der Waals surface area contributed by atoms with Gasteiger partial charge >= 0.3 is 0 Å². The minimum absolute atomic E-state index is 0.110. The molecule has 2 unspecified atom stereocenters. The maximum absolute atomic E-state index is 12.9. The van der Waals surface area contributed by atoms with Crippen molar-refractivity contribution in [2.45, 2.75) is 43.8 Å². The molecule has 4 rings (SSSR count). The van der Waals surface area contributed by atoms with Gasteiger partial charge in [0, 0.05) is 48.8 Å². The van der Waals surface area contributed by atoms with E-state index in [0.29, 0.717) is 18.1 Å². The highest BCUT2D eigenvalue weighted by atomic mass is 16.2. The highest BCUT2D eigenvalue weighted by Gasteiger charge is 2.36. The van der Waals surface area contributed by atoms with E-state index < -0.39 is 0 Å². The summed E-state index contributed by atoms with van der Waals surface area (Å²) in [6, 6.07) is 9.28. The fourth-order valence-electron chi connectivity index (χ4n) is 3.92. The third kappa shape index (κ3) is 2.77. The zero-order valence-corrected chi connectivity index (χ0v) is 13.4. The number of nitrogens with one attached hydrogen (secondary N) is 1. The van der Waals surface area contributed by atoms with Crippen LogP contribution in [0, 0.1) is 0 Å². The van der Waals surface area contributed by atoms with Crippen LogP contribution in [0.3, 0.4) is 0 Å². The van der Waals surface area contributed by atoms with Crippen LogP contribution in [-0.2, 0) is 0 Å². The van der Waals surface area contributed by atoms with Gasteiger partial charge in [-0.1, -0.05) is 6.07 Å². The van der Waals surface area contributed by atoms with Crippen molar-refractivity contribution in [3.63, 3.8) is 0 Å². The number of fused-ring (bicyclic) bond motifs is 2. The van der Waals surface area contributed by atoms with Gasteiger partial charge in [-0.3, -0.25) is 4.79 Å². The zero-order chi connectivity index (χ0) is 15.8. The molecule has 2 atom stereocenters. The van der Waals surface area contributed by atoms with Crippen molar-refractivity contribution in [1.29, 1.82) is 0 Å². The first-order chi connectivity index (χ1) is 11.2. The van der Waals surface area contributed by atoms with Crippen molar-refractivity contribution >= 4 is 5.91 Å². The largest absolute Gasteiger partial charge is 0.339 e. The number of amides is 1. The molecular weight excluding hydrogens is 288 g/mol. The first-order valence-electron chi connectivity index (χ1n) is 8.32. The third-order valence-corrected chi connectivity index (χ3v) is 5.21. The van der Waals surface area contributed by atoms with Gasteiger partial charge in [0.25, 0.3) is 5.91 Å². The number of benzene rings is 1. The topological polar surface area (TPSA) is 50.2 Å². The standard InChI is InChI=1S/C18H22N4O/c1-21(17-10-14-5-6-15(11-17)20-14)18(23)13-3-2-4-16(9-13)22-8-7-19-12-22/h2-4,7-9,12,14-15,17,20H,5-6,10-11H2,1H3. The van der Waals surface area contributed by atoms with Crippen molar-refractivity contribution in [3.05, 3.63) is 48.5 Å². The van der Waals surface area contributed by atoms with Crippen LogP contribution in [0.5, 0.6) is 0 Å². The van der Waals surface area contributed by atoms with Crippen molar-refractivity contribution in [2.24, 2.45) is 0 Å². The van der Waals surface area contributed by atoms with E-state index in [1.54, 1.807) is 12.5 Å². The fraction of sp³-hybridized carbons (Fsp3) is 0.444. The lowest BCUT2D eigenvalue weighted by atomic mass is 9.98. The number of hydrogen-bond acceptors (Lipinski definition) is 3. The number of aromatic nitrogens is 2. The van der Waals surface area contributed by atoms with E-state index in [2.05, 4.69) is 10.3 Å². The monoisotopic (exact) mass is 310 g/mol. The molecule has 2 bridgehead atoms. The minimum Gasteiger partial charge on any atom is -0.339 e. The van der Waals surface area contributed by atoms with E-state index in [4.69, 9.17) is 0 Å². The van der Waals surface area contributed by atoms with Crippen molar-refractivity contribution in [3.8, 4) is 5.69 Å². The van der Waals surface area contributed by atoms with E-state index >= 15 is 0 Å². The number of hydrogen-bond donors (Lipinski definition) is 1. The van der Waals surface area contributed by atoms with Crippen LogP contribution < -0.4 is 5.32 Å². The second kappa shape index (κ2) is 5.81. The van der Waals surface area contributed by atoms with Gasteiger partial charge in [-0.15, -0.1) is 0 Å². The average molecular weight is 310 g/mol. The molecule has 2 fully saturated rings. The summed E-state index contributed by atoms with van der Waals surface area (Å²) in [4.78, 5) is 18.9. The summed E-state index contributed by atoms with van der Waals surface area (Å²) >= 11 is 0. The molecule has 2 aliphatic rings. The fourth-order valence-corrected chi connectivity index (χ4v) is 3.92. The Balaban J connectivity index is 1.53. The lowest BCUT2D eigenvalue weighted by Crippen LogP contribution is -2.48. The van der Waals surface area contributed by atoms with Gasteiger partial charge in [-0.2, -0.15) is 0 Å². The van der Waals surface area contributed by atoms with E-state index in [-0.39, 0.29) is 5.91 Å². The SMILES string of the molecule is CN(C(=O)c1cccc(-n2ccnc2)c1)C1CC2CCC(C1)N2. The molecule has 2 aliphatic heterocycles. The van der Waals surface area contributed by atoms with E-state index in [9.17, 15) is 4.79 Å². The maximum Gasteiger partial charge on any atom is 0.253 e. The van der Waals surface area contributed by atoms with E-state index in [0.717, 1.165) is 24.1 Å². The Bertz CT molecular complexity index is 685. The summed E-state index contributed by atoms with van der Waals surface area (Å²) < 4.78 is 1.92. The Hall–Kier alpha value is -2.14. The number of imidazole rings is 1. The van der Waals surface area contributed by atoms with Gasteiger partial charge in [0.15, 0.2) is 0 Å². The van der Waals surface area contributed by atoms with Crippen molar-refractivity contribution in [2.75, 3.05) is 7.05 Å². The summed E-state index contributed by atoms with van der Waals surface area (Å²) in [7, 11) is 1.95. The molecule has 120 valence electrons. The van der Waals surface area contributed by atoms with Crippen molar-refractivity contribution in [1.82, 2.24) is 19.8 Å². The second-order valence-corrected chi connectivity index (χ2v) is 6.70. The first-order valence-corrected chi connectivity index (χ1v) is 8.32. The lowest BCUT2D eigenvalue weighted by molar-refractivity contribution is 0.0681. The number of piperidine rings is 1. The van der Waals surface area contributed by atoms with Gasteiger partial charge < -0.3 is 14.8 Å². The van der Waals surface area contributed by atoms with Gasteiger partial charge in [0.05, 0.1) is 6.33 Å². The molecule has 0 radical (unpaired) electrons. The highest BCUT2D eigenvalue weighted by molar-refractivity contribution is 5.94. The summed E-state index contributed by atoms with van der Waals surface area (Å²) in [5.74, 6) is 0.110. The Labute approximate surface area is 136 Å². The molecular formula is C18H22N4O. The molecule has 5 nitrogen and oxygen atoms in total. The molecule has 0 aliphatic carbocycles. The molecule has 1 amide bonds. The molecule has 1 N–H and O–H groups in total. The predicted molar refractivity (Wildman–Crippen MR) is 88.6 cm³/mol. The van der Waals surface area contributed by atoms with Crippen LogP contribution in [0.15, 0.2) is 43.0 Å². The molecule has 0 saturated carbocycles. The molecule has 2 saturated heterocycles. The molecule has 1 aromatic carbocycles. The van der Waals surface area contributed by atoms with E-state index in [1.165, 1.54) is 12.8 Å². The van der Waals surface area contributed by atoms with Gasteiger partial charge in [-0.25, -0.2) is 4.98 Å². The molecule has 3 heterocycles. The Kier molecular flexibility index (Phi) is 3.65. The minimum atomic E-state index is 0.110. The lowest BCUT2D eigenvalue weighted by Gasteiger charge is -2.35. The summed E-state index contributed by atoms with van der Waals surface area (Å²) in [6.45, 7) is 0. The smallest absolute Gasteiger partial charge is 0.253 e. The Morgan fingerprint density at radius 1 is 1.30 bits per heavy atom. The maximum atomic E-state index is 12.9. The number of rotatable bonds is 3. The quantitative estimate of drug-likeness (QED) is 0.946. The summed E-state index contributed by atoms with van der Waals surface area (Å²) in [5, 5.41) is 3.63. The molecule has 0 spiro atoms. The first kappa shape index (κ1) is 14.5. The number of nitrogens with zero attached hydrogens (tertiary/aromatic N) is 3. The van der Waals surface area contributed by atoms with Crippen LogP contribution >= 0.6 is 0 Å².